The predicted octanol–water partition coefficient (Wildman–Crippen LogP) is 5.60. The topological polar surface area (TPSA) is 51.5 Å². The molecule has 3 aromatic carbocycles. The Morgan fingerprint density at radius 3 is 2.64 bits per heavy atom. The molecule has 1 heterocycles. The minimum absolute atomic E-state index is 0.0341. The molecule has 0 fully saturated rings. The molecule has 0 aliphatic rings. The SMILES string of the molecule is COc1cc2c(cc1NC(=O)CSc1ccc(F)c(F)c1)oc1ccccc12. The van der Waals surface area contributed by atoms with E-state index < -0.39 is 11.6 Å². The fourth-order valence-electron chi connectivity index (χ4n) is 2.92. The zero-order valence-electron chi connectivity index (χ0n) is 14.8. The second kappa shape index (κ2) is 7.52. The minimum Gasteiger partial charge on any atom is -0.495 e. The summed E-state index contributed by atoms with van der Waals surface area (Å²) in [5.74, 6) is -1.62. The number of hydrogen-bond acceptors (Lipinski definition) is 4. The van der Waals surface area contributed by atoms with Crippen molar-refractivity contribution in [3.63, 3.8) is 0 Å². The molecule has 0 aliphatic heterocycles. The summed E-state index contributed by atoms with van der Waals surface area (Å²) in [5, 5.41) is 4.63. The maximum atomic E-state index is 13.3. The van der Waals surface area contributed by atoms with Gasteiger partial charge in [-0.1, -0.05) is 18.2 Å². The number of benzene rings is 3. The van der Waals surface area contributed by atoms with Crippen molar-refractivity contribution >= 4 is 45.3 Å². The zero-order chi connectivity index (χ0) is 19.7. The summed E-state index contributed by atoms with van der Waals surface area (Å²) < 4.78 is 37.5. The van der Waals surface area contributed by atoms with Gasteiger partial charge >= 0.3 is 0 Å². The number of rotatable bonds is 5. The van der Waals surface area contributed by atoms with E-state index in [0.717, 1.165) is 40.3 Å². The number of methoxy groups -OCH3 is 1. The van der Waals surface area contributed by atoms with Crippen LogP contribution < -0.4 is 10.1 Å². The summed E-state index contributed by atoms with van der Waals surface area (Å²) in [6.07, 6.45) is 0. The van der Waals surface area contributed by atoms with E-state index in [1.54, 1.807) is 6.07 Å². The van der Waals surface area contributed by atoms with E-state index in [9.17, 15) is 13.6 Å². The summed E-state index contributed by atoms with van der Waals surface area (Å²) >= 11 is 1.11. The number of ether oxygens (including phenoxy) is 1. The van der Waals surface area contributed by atoms with E-state index in [-0.39, 0.29) is 11.7 Å². The molecule has 4 aromatic rings. The van der Waals surface area contributed by atoms with E-state index in [0.29, 0.717) is 21.9 Å². The average molecular weight is 399 g/mol. The van der Waals surface area contributed by atoms with E-state index >= 15 is 0 Å². The lowest BCUT2D eigenvalue weighted by molar-refractivity contribution is -0.113. The number of carbonyl (C=O) groups is 1. The Morgan fingerprint density at radius 1 is 1.04 bits per heavy atom. The van der Waals surface area contributed by atoms with Crippen LogP contribution in [0.5, 0.6) is 5.75 Å². The van der Waals surface area contributed by atoms with Gasteiger partial charge in [0.25, 0.3) is 0 Å². The van der Waals surface area contributed by atoms with Crippen LogP contribution in [0.2, 0.25) is 0 Å². The Kier molecular flexibility index (Phi) is 4.92. The quantitative estimate of drug-likeness (QED) is 0.444. The second-order valence-electron chi connectivity index (χ2n) is 6.06. The van der Waals surface area contributed by atoms with E-state index in [1.807, 2.05) is 30.3 Å². The molecule has 1 amide bonds. The van der Waals surface area contributed by atoms with Crippen LogP contribution in [0.25, 0.3) is 21.9 Å². The standard InChI is InChI=1S/C21H15F2NO3S/c1-26-20-9-14-13-4-2-3-5-18(13)27-19(14)10-17(20)24-21(25)11-28-12-6-7-15(22)16(23)8-12/h2-10H,11H2,1H3,(H,24,25). The van der Waals surface area contributed by atoms with Gasteiger partial charge in [0.05, 0.1) is 18.6 Å². The number of furan rings is 1. The molecule has 0 saturated carbocycles. The number of para-hydroxylation sites is 1. The monoisotopic (exact) mass is 399 g/mol. The number of amides is 1. The molecule has 4 rings (SSSR count). The van der Waals surface area contributed by atoms with Crippen LogP contribution in [0.3, 0.4) is 0 Å². The van der Waals surface area contributed by atoms with Gasteiger partial charge in [-0.25, -0.2) is 8.78 Å². The molecular weight excluding hydrogens is 384 g/mol. The zero-order valence-corrected chi connectivity index (χ0v) is 15.6. The Hall–Kier alpha value is -3.06. The summed E-state index contributed by atoms with van der Waals surface area (Å²) in [6, 6.07) is 14.7. The predicted molar refractivity (Wildman–Crippen MR) is 106 cm³/mol. The van der Waals surface area contributed by atoms with Gasteiger partial charge in [0.2, 0.25) is 5.91 Å². The van der Waals surface area contributed by atoms with Crippen LogP contribution in [0.1, 0.15) is 0 Å². The van der Waals surface area contributed by atoms with Crippen molar-refractivity contribution in [3.8, 4) is 5.75 Å². The normalized spacial score (nSPS) is 11.1. The Bertz CT molecular complexity index is 1190. The van der Waals surface area contributed by atoms with Crippen LogP contribution in [0, 0.1) is 11.6 Å². The van der Waals surface area contributed by atoms with Gasteiger partial charge in [0, 0.05) is 21.7 Å². The Morgan fingerprint density at radius 2 is 1.86 bits per heavy atom. The van der Waals surface area contributed by atoms with E-state index in [2.05, 4.69) is 5.32 Å². The molecule has 7 heteroatoms. The first kappa shape index (κ1) is 18.3. The van der Waals surface area contributed by atoms with Crippen molar-refractivity contribution in [3.05, 3.63) is 66.2 Å². The van der Waals surface area contributed by atoms with Crippen LogP contribution in [0.4, 0.5) is 14.5 Å². The molecule has 1 aromatic heterocycles. The number of hydrogen-bond donors (Lipinski definition) is 1. The molecule has 0 unspecified atom stereocenters. The van der Waals surface area contributed by atoms with Crippen molar-refractivity contribution in [1.82, 2.24) is 0 Å². The van der Waals surface area contributed by atoms with Gasteiger partial charge in [-0.3, -0.25) is 4.79 Å². The van der Waals surface area contributed by atoms with Gasteiger partial charge < -0.3 is 14.5 Å². The van der Waals surface area contributed by atoms with Crippen LogP contribution in [0.15, 0.2) is 63.9 Å². The summed E-state index contributed by atoms with van der Waals surface area (Å²) in [4.78, 5) is 12.8. The Labute approximate surface area is 163 Å². The van der Waals surface area contributed by atoms with Gasteiger partial charge in [0.15, 0.2) is 11.6 Å². The van der Waals surface area contributed by atoms with Gasteiger partial charge in [-0.15, -0.1) is 11.8 Å². The molecule has 0 aliphatic carbocycles. The molecule has 4 nitrogen and oxygen atoms in total. The van der Waals surface area contributed by atoms with Crippen molar-refractivity contribution in [2.24, 2.45) is 0 Å². The largest absolute Gasteiger partial charge is 0.495 e. The lowest BCUT2D eigenvalue weighted by Gasteiger charge is -2.10. The molecular formula is C21H15F2NO3S. The van der Waals surface area contributed by atoms with Gasteiger partial charge in [-0.2, -0.15) is 0 Å². The first-order valence-corrected chi connectivity index (χ1v) is 9.40. The van der Waals surface area contributed by atoms with Crippen LogP contribution in [-0.4, -0.2) is 18.8 Å². The third-order valence-electron chi connectivity index (χ3n) is 4.23. The molecule has 1 N–H and O–H groups in total. The highest BCUT2D eigenvalue weighted by molar-refractivity contribution is 8.00. The molecule has 28 heavy (non-hydrogen) atoms. The summed E-state index contributed by atoms with van der Waals surface area (Å²) in [6.45, 7) is 0. The van der Waals surface area contributed by atoms with Crippen molar-refractivity contribution < 1.29 is 22.7 Å². The second-order valence-corrected chi connectivity index (χ2v) is 7.11. The number of thioether (sulfide) groups is 1. The number of anilines is 1. The maximum Gasteiger partial charge on any atom is 0.234 e. The van der Waals surface area contributed by atoms with Gasteiger partial charge in [0.1, 0.15) is 16.9 Å². The molecule has 142 valence electrons. The third-order valence-corrected chi connectivity index (χ3v) is 5.23. The number of nitrogens with one attached hydrogen (secondary N) is 1. The molecule has 0 spiro atoms. The van der Waals surface area contributed by atoms with E-state index in [4.69, 9.17) is 9.15 Å². The highest BCUT2D eigenvalue weighted by Crippen LogP contribution is 2.36. The van der Waals surface area contributed by atoms with Crippen LogP contribution in [-0.2, 0) is 4.79 Å². The van der Waals surface area contributed by atoms with Crippen molar-refractivity contribution in [1.29, 1.82) is 0 Å². The Balaban J connectivity index is 1.55. The average Bonchev–Trinajstić information content (AvgIpc) is 3.05. The minimum atomic E-state index is -0.942. The number of carbonyl (C=O) groups excluding carboxylic acids is 1. The molecule has 0 radical (unpaired) electrons. The van der Waals surface area contributed by atoms with E-state index in [1.165, 1.54) is 13.2 Å². The number of halogens is 2. The maximum absolute atomic E-state index is 13.3. The lowest BCUT2D eigenvalue weighted by atomic mass is 10.1. The highest BCUT2D eigenvalue weighted by atomic mass is 32.2. The fourth-order valence-corrected chi connectivity index (χ4v) is 3.64. The summed E-state index contributed by atoms with van der Waals surface area (Å²) in [5.41, 5.74) is 1.85. The number of fused-ring (bicyclic) bond motifs is 3. The van der Waals surface area contributed by atoms with Crippen molar-refractivity contribution in [2.45, 2.75) is 4.90 Å². The first-order valence-electron chi connectivity index (χ1n) is 8.42. The third kappa shape index (κ3) is 3.53. The molecule has 0 bridgehead atoms. The van der Waals surface area contributed by atoms with Crippen molar-refractivity contribution in [2.75, 3.05) is 18.2 Å². The van der Waals surface area contributed by atoms with Gasteiger partial charge in [-0.05, 0) is 30.3 Å². The first-order chi connectivity index (χ1) is 13.5. The summed E-state index contributed by atoms with van der Waals surface area (Å²) in [7, 11) is 1.52. The molecule has 0 atom stereocenters. The highest BCUT2D eigenvalue weighted by Gasteiger charge is 2.14. The van der Waals surface area contributed by atoms with Crippen LogP contribution >= 0.6 is 11.8 Å². The fraction of sp³-hybridized carbons (Fsp3) is 0.0952. The smallest absolute Gasteiger partial charge is 0.234 e. The molecule has 0 saturated heterocycles. The lowest BCUT2D eigenvalue weighted by Crippen LogP contribution is -2.14.